The van der Waals surface area contributed by atoms with E-state index < -0.39 is 42.1 Å². The summed E-state index contributed by atoms with van der Waals surface area (Å²) in [7, 11) is 4.73. The maximum absolute atomic E-state index is 11.8. The van der Waals surface area contributed by atoms with Crippen molar-refractivity contribution in [3.63, 3.8) is 0 Å². The van der Waals surface area contributed by atoms with Gasteiger partial charge in [-0.3, -0.25) is 0 Å². The molecule has 3 unspecified atom stereocenters. The molecule has 4 rings (SSSR count). The molecule has 1 fully saturated rings. The van der Waals surface area contributed by atoms with Crippen LogP contribution >= 0.6 is 0 Å². The van der Waals surface area contributed by atoms with E-state index in [1.165, 1.54) is 119 Å². The lowest BCUT2D eigenvalue weighted by Crippen LogP contribution is -2.33. The fourth-order valence-corrected chi connectivity index (χ4v) is 10.3. The number of carbonyl (C=O) groups excluding carboxylic acids is 5. The van der Waals surface area contributed by atoms with Crippen LogP contribution in [-0.4, -0.2) is 80.8 Å². The third-order valence-corrected chi connectivity index (χ3v) is 14.4. The molecule has 396 valence electrons. The fourth-order valence-electron chi connectivity index (χ4n) is 10.3. The molecule has 13 nitrogen and oxygen atoms in total. The Labute approximate surface area is 420 Å². The number of hydrogen-bond acceptors (Lipinski definition) is 12. The molecular formula is C57H90O13. The summed E-state index contributed by atoms with van der Waals surface area (Å²) in [6.07, 6.45) is 20.6. The van der Waals surface area contributed by atoms with Crippen LogP contribution < -0.4 is 0 Å². The Hall–Kier alpha value is -4.78. The number of allylic oxidation sites excluding steroid dienone is 9. The van der Waals surface area contributed by atoms with Gasteiger partial charge in [-0.1, -0.05) is 114 Å². The van der Waals surface area contributed by atoms with Gasteiger partial charge >= 0.3 is 35.8 Å². The number of cyclic esters (lactones) is 2. The Bertz CT molecular complexity index is 1980. The highest BCUT2D eigenvalue weighted by Crippen LogP contribution is 2.45. The summed E-state index contributed by atoms with van der Waals surface area (Å²) in [6.45, 7) is 28.0. The topological polar surface area (TPSA) is 189 Å². The van der Waals surface area contributed by atoms with Crippen molar-refractivity contribution >= 4 is 35.8 Å². The van der Waals surface area contributed by atoms with Crippen molar-refractivity contribution in [3.8, 4) is 0 Å². The molecule has 0 bridgehead atoms. The van der Waals surface area contributed by atoms with Crippen LogP contribution in [0.1, 0.15) is 186 Å². The summed E-state index contributed by atoms with van der Waals surface area (Å²) >= 11 is 0. The molecular weight excluding hydrogens is 893 g/mol. The second-order valence-corrected chi connectivity index (χ2v) is 21.4. The zero-order chi connectivity index (χ0) is 53.7. The van der Waals surface area contributed by atoms with Crippen LogP contribution in [0.5, 0.6) is 0 Å². The number of aliphatic hydroxyl groups excluding tert-OH is 1. The van der Waals surface area contributed by atoms with Crippen molar-refractivity contribution in [1.29, 1.82) is 0 Å². The highest BCUT2D eigenvalue weighted by atomic mass is 16.7. The van der Waals surface area contributed by atoms with Crippen molar-refractivity contribution in [2.75, 3.05) is 28.4 Å². The molecule has 0 radical (unpaired) electrons. The number of carboxylic acid groups (broad SMARTS) is 1. The first-order valence-electron chi connectivity index (χ1n) is 25.2. The first-order valence-corrected chi connectivity index (χ1v) is 25.2. The van der Waals surface area contributed by atoms with E-state index in [0.717, 1.165) is 52.1 Å². The molecule has 0 aromatic heterocycles. The van der Waals surface area contributed by atoms with E-state index in [1.54, 1.807) is 12.2 Å². The molecule has 13 heteroatoms. The van der Waals surface area contributed by atoms with E-state index in [1.807, 2.05) is 20.8 Å². The SMILES string of the molecule is CC1=C(CCC(C)C=C2C(=O)OC(C)OC2=O)C(C)(C)CCC1.CO.COC(=O)/C(=C\C(C)CCC1=C(C)CCCC1(C)C)C(=O)O.COC(=O)C(=CC(C)CCC1=C(C)CCCC1(C)C)C(=O)OC. The molecule has 0 spiro atoms. The van der Waals surface area contributed by atoms with Crippen LogP contribution in [0.4, 0.5) is 0 Å². The molecule has 0 amide bonds. The van der Waals surface area contributed by atoms with E-state index in [9.17, 15) is 28.8 Å². The van der Waals surface area contributed by atoms with Crippen molar-refractivity contribution in [2.45, 2.75) is 193 Å². The Morgan fingerprint density at radius 1 is 0.586 bits per heavy atom. The number of hydrogen-bond donors (Lipinski definition) is 2. The molecule has 2 N–H and O–H groups in total. The summed E-state index contributed by atoms with van der Waals surface area (Å²) in [5.74, 6) is -4.21. The molecule has 1 saturated heterocycles. The van der Waals surface area contributed by atoms with Gasteiger partial charge in [0.25, 0.3) is 0 Å². The summed E-state index contributed by atoms with van der Waals surface area (Å²) in [4.78, 5) is 69.6. The lowest BCUT2D eigenvalue weighted by Gasteiger charge is -2.35. The van der Waals surface area contributed by atoms with E-state index in [-0.39, 0.29) is 50.7 Å². The van der Waals surface area contributed by atoms with Crippen LogP contribution in [-0.2, 0) is 52.5 Å². The van der Waals surface area contributed by atoms with Gasteiger partial charge in [-0.05, 0) is 151 Å². The molecule has 1 aliphatic heterocycles. The van der Waals surface area contributed by atoms with E-state index in [0.29, 0.717) is 0 Å². The maximum atomic E-state index is 11.8. The number of aliphatic carboxylic acids is 1. The second kappa shape index (κ2) is 29.5. The smallest absolute Gasteiger partial charge is 0.348 e. The quantitative estimate of drug-likeness (QED) is 0.0371. The first kappa shape index (κ1) is 63.2. The van der Waals surface area contributed by atoms with Crippen LogP contribution in [0.3, 0.4) is 0 Å². The van der Waals surface area contributed by atoms with E-state index in [2.05, 4.69) is 76.5 Å². The average Bonchev–Trinajstić information content (AvgIpc) is 3.27. The van der Waals surface area contributed by atoms with E-state index in [4.69, 9.17) is 19.7 Å². The number of ether oxygens (including phenoxy) is 5. The minimum atomic E-state index is -1.23. The van der Waals surface area contributed by atoms with Gasteiger partial charge in [0.05, 0.1) is 21.3 Å². The third kappa shape index (κ3) is 19.8. The van der Waals surface area contributed by atoms with Gasteiger partial charge in [0.1, 0.15) is 16.7 Å². The van der Waals surface area contributed by atoms with Gasteiger partial charge in [-0.25, -0.2) is 28.8 Å². The summed E-state index contributed by atoms with van der Waals surface area (Å²) in [5, 5.41) is 16.1. The van der Waals surface area contributed by atoms with Crippen LogP contribution in [0.2, 0.25) is 0 Å². The molecule has 4 aliphatic rings. The monoisotopic (exact) mass is 983 g/mol. The number of carbonyl (C=O) groups is 6. The van der Waals surface area contributed by atoms with Gasteiger partial charge in [-0.15, -0.1) is 0 Å². The van der Waals surface area contributed by atoms with Crippen LogP contribution in [0.15, 0.2) is 68.4 Å². The van der Waals surface area contributed by atoms with Gasteiger partial charge in [0.2, 0.25) is 6.29 Å². The highest BCUT2D eigenvalue weighted by molar-refractivity contribution is 6.15. The molecule has 3 atom stereocenters. The largest absolute Gasteiger partial charge is 0.477 e. The van der Waals surface area contributed by atoms with Gasteiger partial charge in [0, 0.05) is 14.0 Å². The fraction of sp³-hybridized carbons (Fsp3) is 0.684. The van der Waals surface area contributed by atoms with Crippen molar-refractivity contribution < 1.29 is 62.7 Å². The lowest BCUT2D eigenvalue weighted by molar-refractivity contribution is -0.190. The predicted octanol–water partition coefficient (Wildman–Crippen LogP) is 12.2. The summed E-state index contributed by atoms with van der Waals surface area (Å²) in [5.41, 5.74) is 9.51. The maximum Gasteiger partial charge on any atom is 0.348 e. The van der Waals surface area contributed by atoms with Crippen molar-refractivity contribution in [2.24, 2.45) is 34.0 Å². The zero-order valence-electron chi connectivity index (χ0n) is 46.0. The van der Waals surface area contributed by atoms with E-state index >= 15 is 0 Å². The molecule has 0 saturated carbocycles. The van der Waals surface area contributed by atoms with Crippen molar-refractivity contribution in [1.82, 2.24) is 0 Å². The van der Waals surface area contributed by atoms with Gasteiger partial charge in [0.15, 0.2) is 0 Å². The Morgan fingerprint density at radius 3 is 1.19 bits per heavy atom. The molecule has 0 aromatic carbocycles. The van der Waals surface area contributed by atoms with Crippen LogP contribution in [0, 0.1) is 34.0 Å². The molecule has 1 heterocycles. The Balaban J connectivity index is 0.000000516. The minimum Gasteiger partial charge on any atom is -0.477 e. The van der Waals surface area contributed by atoms with Crippen LogP contribution in [0.25, 0.3) is 0 Å². The number of aliphatic hydroxyl groups is 1. The van der Waals surface area contributed by atoms with Gasteiger partial charge in [-0.2, -0.15) is 0 Å². The predicted molar refractivity (Wildman–Crippen MR) is 274 cm³/mol. The Morgan fingerprint density at radius 2 is 0.886 bits per heavy atom. The Kier molecular flexibility index (Phi) is 26.7. The standard InChI is InChI=1S/C19H28O4.C19H30O4.C18H28O4.CH4O/c1-12(11-15-17(20)22-14(3)23-18(15)21)8-9-16-13(2)7-6-10-19(16,4)5;1-13(12-15(17(20)22-5)18(21)23-6)9-10-16-14(2)8-7-11-19(16,3)4;1-12(11-14(16(19)20)17(21)22-5)8-9-15-13(2)7-6-10-18(15,3)4;1-2/h11-12,14H,6-10H2,1-5H3;12-13H,7-11H2,1-6H3;11-12H,6-10H2,1-5H3,(H,19,20);2H,1H3/b;;14-11-;. The average molecular weight is 983 g/mol. The minimum absolute atomic E-state index is 0.0169. The first-order chi connectivity index (χ1) is 32.6. The molecule has 0 aromatic rings. The summed E-state index contributed by atoms with van der Waals surface area (Å²) < 4.78 is 23.8. The number of methoxy groups -OCH3 is 3. The highest BCUT2D eigenvalue weighted by Gasteiger charge is 2.33. The number of esters is 5. The zero-order valence-corrected chi connectivity index (χ0v) is 46.0. The third-order valence-electron chi connectivity index (χ3n) is 14.4. The van der Waals surface area contributed by atoms with Crippen molar-refractivity contribution in [3.05, 3.63) is 68.4 Å². The molecule has 3 aliphatic carbocycles. The normalized spacial score (nSPS) is 20.7. The lowest BCUT2D eigenvalue weighted by atomic mass is 9.71. The number of carboxylic acids is 1. The number of rotatable bonds is 16. The summed E-state index contributed by atoms with van der Waals surface area (Å²) in [6, 6.07) is 0. The second-order valence-electron chi connectivity index (χ2n) is 21.4. The molecule has 70 heavy (non-hydrogen) atoms. The van der Waals surface area contributed by atoms with Gasteiger partial charge < -0.3 is 33.9 Å².